The van der Waals surface area contributed by atoms with E-state index in [1.54, 1.807) is 18.3 Å². The van der Waals surface area contributed by atoms with Crippen molar-refractivity contribution in [2.45, 2.75) is 13.1 Å². The molecule has 70 valence electrons. The molecule has 0 aromatic carbocycles. The minimum absolute atomic E-state index is 0.0609. The first-order chi connectivity index (χ1) is 6.31. The molecule has 1 aliphatic heterocycles. The summed E-state index contributed by atoms with van der Waals surface area (Å²) < 4.78 is 1.96. The van der Waals surface area contributed by atoms with Crippen molar-refractivity contribution in [3.63, 3.8) is 0 Å². The third kappa shape index (κ3) is 1.34. The Labute approximate surface area is 75.5 Å². The number of amides is 2. The lowest BCUT2D eigenvalue weighted by molar-refractivity contribution is 0.184. The van der Waals surface area contributed by atoms with Gasteiger partial charge in [0, 0.05) is 20.1 Å². The molecule has 0 saturated carbocycles. The topological polar surface area (TPSA) is 63.1 Å². The fraction of sp³-hybridized carbons (Fsp3) is 0.571. The van der Waals surface area contributed by atoms with E-state index in [2.05, 4.69) is 15.5 Å². The summed E-state index contributed by atoms with van der Waals surface area (Å²) in [5, 5.41) is 10.3. The largest absolute Gasteiger partial charge is 0.341 e. The molecule has 0 bridgehead atoms. The molecule has 2 heterocycles. The van der Waals surface area contributed by atoms with Gasteiger partial charge in [0.15, 0.2) is 5.82 Å². The summed E-state index contributed by atoms with van der Waals surface area (Å²) in [6, 6.07) is -0.0609. The molecule has 1 aromatic heterocycles. The van der Waals surface area contributed by atoms with Crippen LogP contribution in [0.25, 0.3) is 0 Å². The van der Waals surface area contributed by atoms with Gasteiger partial charge in [-0.2, -0.15) is 0 Å². The van der Waals surface area contributed by atoms with E-state index in [0.717, 1.165) is 12.4 Å². The highest BCUT2D eigenvalue weighted by molar-refractivity contribution is 5.73. The van der Waals surface area contributed by atoms with Gasteiger partial charge in [-0.15, -0.1) is 10.2 Å². The predicted molar refractivity (Wildman–Crippen MR) is 44.9 cm³/mol. The maximum atomic E-state index is 11.3. The second-order valence-electron chi connectivity index (χ2n) is 2.92. The smallest absolute Gasteiger partial charge is 0.317 e. The van der Waals surface area contributed by atoms with Crippen molar-refractivity contribution in [1.82, 2.24) is 25.0 Å². The van der Waals surface area contributed by atoms with Crippen LogP contribution in [0, 0.1) is 0 Å². The number of aromatic nitrogens is 3. The molecule has 13 heavy (non-hydrogen) atoms. The fourth-order valence-electron chi connectivity index (χ4n) is 1.40. The number of carbonyl (C=O) groups is 1. The van der Waals surface area contributed by atoms with Crippen LogP contribution < -0.4 is 5.32 Å². The zero-order valence-electron chi connectivity index (χ0n) is 7.40. The van der Waals surface area contributed by atoms with Gasteiger partial charge in [-0.1, -0.05) is 0 Å². The molecule has 0 atom stereocenters. The fourth-order valence-corrected chi connectivity index (χ4v) is 1.40. The maximum Gasteiger partial charge on any atom is 0.317 e. The van der Waals surface area contributed by atoms with Crippen LogP contribution in [0.15, 0.2) is 6.33 Å². The van der Waals surface area contributed by atoms with Gasteiger partial charge in [0.2, 0.25) is 0 Å². The molecule has 2 amide bonds. The van der Waals surface area contributed by atoms with Gasteiger partial charge in [0.25, 0.3) is 0 Å². The van der Waals surface area contributed by atoms with Gasteiger partial charge in [0.05, 0.1) is 6.54 Å². The predicted octanol–water partition coefficient (Wildman–Crippen LogP) is -0.567. The molecule has 0 spiro atoms. The third-order valence-corrected chi connectivity index (χ3v) is 2.14. The molecule has 2 rings (SSSR count). The molecule has 1 aliphatic rings. The molecular formula is C7H11N5O. The summed E-state index contributed by atoms with van der Waals surface area (Å²) in [5.74, 6) is 0.842. The number of urea groups is 1. The van der Waals surface area contributed by atoms with Crippen molar-refractivity contribution in [3.05, 3.63) is 12.2 Å². The number of hydrogen-bond donors (Lipinski definition) is 1. The molecule has 6 heteroatoms. The highest BCUT2D eigenvalue weighted by Gasteiger charge is 2.20. The minimum Gasteiger partial charge on any atom is -0.341 e. The Kier molecular flexibility index (Phi) is 1.88. The Morgan fingerprint density at radius 3 is 3.23 bits per heavy atom. The van der Waals surface area contributed by atoms with E-state index in [1.807, 2.05) is 4.57 Å². The zero-order valence-corrected chi connectivity index (χ0v) is 7.40. The SMILES string of the molecule is CNC(=O)N1CCn2cnnc2C1. The van der Waals surface area contributed by atoms with Gasteiger partial charge < -0.3 is 14.8 Å². The van der Waals surface area contributed by atoms with Crippen molar-refractivity contribution in [3.8, 4) is 0 Å². The van der Waals surface area contributed by atoms with E-state index in [0.29, 0.717) is 13.1 Å². The molecule has 0 unspecified atom stereocenters. The standard InChI is InChI=1S/C7H11N5O/c1-8-7(13)11-2-3-12-5-9-10-6(12)4-11/h5H,2-4H2,1H3,(H,8,13). The molecule has 0 aliphatic carbocycles. The second-order valence-corrected chi connectivity index (χ2v) is 2.92. The number of nitrogens with zero attached hydrogens (tertiary/aromatic N) is 4. The van der Waals surface area contributed by atoms with Gasteiger partial charge in [-0.25, -0.2) is 4.79 Å². The van der Waals surface area contributed by atoms with Crippen LogP contribution in [0.4, 0.5) is 4.79 Å². The van der Waals surface area contributed by atoms with Gasteiger partial charge in [-0.05, 0) is 0 Å². The van der Waals surface area contributed by atoms with E-state index >= 15 is 0 Å². The molecule has 0 radical (unpaired) electrons. The highest BCUT2D eigenvalue weighted by atomic mass is 16.2. The Morgan fingerprint density at radius 1 is 1.62 bits per heavy atom. The van der Waals surface area contributed by atoms with E-state index in [1.165, 1.54) is 0 Å². The van der Waals surface area contributed by atoms with Crippen molar-refractivity contribution < 1.29 is 4.79 Å². The van der Waals surface area contributed by atoms with Gasteiger partial charge in [0.1, 0.15) is 6.33 Å². The number of hydrogen-bond acceptors (Lipinski definition) is 3. The van der Waals surface area contributed by atoms with Crippen LogP contribution in [-0.4, -0.2) is 39.3 Å². The van der Waals surface area contributed by atoms with Crippen LogP contribution >= 0.6 is 0 Å². The van der Waals surface area contributed by atoms with E-state index in [4.69, 9.17) is 0 Å². The van der Waals surface area contributed by atoms with Gasteiger partial charge in [-0.3, -0.25) is 0 Å². The summed E-state index contributed by atoms with van der Waals surface area (Å²) in [6.45, 7) is 2.03. The van der Waals surface area contributed by atoms with Crippen molar-refractivity contribution in [2.24, 2.45) is 0 Å². The second kappa shape index (κ2) is 3.04. The van der Waals surface area contributed by atoms with Crippen LogP contribution in [-0.2, 0) is 13.1 Å². The van der Waals surface area contributed by atoms with Crippen LogP contribution in [0.2, 0.25) is 0 Å². The average molecular weight is 181 g/mol. The van der Waals surface area contributed by atoms with Crippen molar-refractivity contribution in [2.75, 3.05) is 13.6 Å². The van der Waals surface area contributed by atoms with E-state index in [-0.39, 0.29) is 6.03 Å². The lowest BCUT2D eigenvalue weighted by atomic mass is 10.4. The first-order valence-corrected chi connectivity index (χ1v) is 4.14. The van der Waals surface area contributed by atoms with E-state index in [9.17, 15) is 4.79 Å². The number of rotatable bonds is 0. The van der Waals surface area contributed by atoms with Crippen LogP contribution in [0.1, 0.15) is 5.82 Å². The normalized spacial score (nSPS) is 15.3. The maximum absolute atomic E-state index is 11.3. The summed E-state index contributed by atoms with van der Waals surface area (Å²) in [6.07, 6.45) is 1.69. The Bertz CT molecular complexity index is 320. The van der Waals surface area contributed by atoms with E-state index < -0.39 is 0 Å². The lowest BCUT2D eigenvalue weighted by Crippen LogP contribution is -2.42. The number of fused-ring (bicyclic) bond motifs is 1. The minimum atomic E-state index is -0.0609. The molecule has 1 aromatic rings. The monoisotopic (exact) mass is 181 g/mol. The van der Waals surface area contributed by atoms with Crippen molar-refractivity contribution in [1.29, 1.82) is 0 Å². The highest BCUT2D eigenvalue weighted by Crippen LogP contribution is 2.08. The summed E-state index contributed by atoms with van der Waals surface area (Å²) in [4.78, 5) is 13.0. The quantitative estimate of drug-likeness (QED) is 0.583. The first kappa shape index (κ1) is 8.03. The summed E-state index contributed by atoms with van der Waals surface area (Å²) in [5.41, 5.74) is 0. The van der Waals surface area contributed by atoms with Gasteiger partial charge >= 0.3 is 6.03 Å². The first-order valence-electron chi connectivity index (χ1n) is 4.14. The molecular weight excluding hydrogens is 170 g/mol. The number of carbonyl (C=O) groups excluding carboxylic acids is 1. The molecule has 1 N–H and O–H groups in total. The average Bonchev–Trinajstić information content (AvgIpc) is 2.63. The van der Waals surface area contributed by atoms with Crippen LogP contribution in [0.5, 0.6) is 0 Å². The third-order valence-electron chi connectivity index (χ3n) is 2.14. The summed E-state index contributed by atoms with van der Waals surface area (Å²) in [7, 11) is 1.63. The summed E-state index contributed by atoms with van der Waals surface area (Å²) >= 11 is 0. The Balaban J connectivity index is 2.13. The number of nitrogens with one attached hydrogen (secondary N) is 1. The molecule has 0 fully saturated rings. The van der Waals surface area contributed by atoms with Crippen LogP contribution in [0.3, 0.4) is 0 Å². The Hall–Kier alpha value is -1.59. The lowest BCUT2D eigenvalue weighted by Gasteiger charge is -2.26. The molecule has 6 nitrogen and oxygen atoms in total. The molecule has 0 saturated heterocycles. The zero-order chi connectivity index (χ0) is 9.26. The van der Waals surface area contributed by atoms with Crippen molar-refractivity contribution >= 4 is 6.03 Å². The Morgan fingerprint density at radius 2 is 2.46 bits per heavy atom.